The van der Waals surface area contributed by atoms with Crippen LogP contribution in [0.3, 0.4) is 0 Å². The lowest BCUT2D eigenvalue weighted by atomic mass is 9.81. The minimum atomic E-state index is 0.859. The Morgan fingerprint density at radius 1 is 1.26 bits per heavy atom. The molecule has 0 unspecified atom stereocenters. The van der Waals surface area contributed by atoms with Gasteiger partial charge in [-0.05, 0) is 80.4 Å². The summed E-state index contributed by atoms with van der Waals surface area (Å²) in [6, 6.07) is 8.33. The number of hydrogen-bond acceptors (Lipinski definition) is 3. The number of pyridine rings is 1. The van der Waals surface area contributed by atoms with Crippen LogP contribution in [-0.4, -0.2) is 25.2 Å². The Hall–Kier alpha value is -1.61. The highest BCUT2D eigenvalue weighted by molar-refractivity contribution is 5.83. The van der Waals surface area contributed by atoms with Crippen molar-refractivity contribution in [3.8, 4) is 5.75 Å². The van der Waals surface area contributed by atoms with E-state index in [1.54, 1.807) is 7.11 Å². The van der Waals surface area contributed by atoms with Crippen molar-refractivity contribution in [1.82, 2.24) is 10.3 Å². The Morgan fingerprint density at radius 2 is 2.17 bits per heavy atom. The molecule has 1 aromatic heterocycles. The van der Waals surface area contributed by atoms with Crippen LogP contribution in [0.15, 0.2) is 30.5 Å². The number of benzene rings is 1. The minimum Gasteiger partial charge on any atom is -0.497 e. The van der Waals surface area contributed by atoms with Crippen LogP contribution in [-0.2, 0) is 6.42 Å². The molecular formula is C20H28N2O. The lowest BCUT2D eigenvalue weighted by Gasteiger charge is -2.31. The summed E-state index contributed by atoms with van der Waals surface area (Å²) < 4.78 is 5.37. The van der Waals surface area contributed by atoms with Gasteiger partial charge in [0.15, 0.2) is 0 Å². The molecule has 2 heterocycles. The standard InChI is InChI=1S/C20H28N2O/c1-3-15-14-21-11-9-16(15)5-4-6-17-10-12-22-20-8-7-18(23-2)13-19(17)20/h7-8,10,12-13,15-16,21H,3-6,9,11,14H2,1-2H3/t15-,16+/m0/s1. The predicted molar refractivity (Wildman–Crippen MR) is 96.0 cm³/mol. The molecule has 1 aromatic carbocycles. The van der Waals surface area contributed by atoms with E-state index in [0.29, 0.717) is 0 Å². The van der Waals surface area contributed by atoms with Gasteiger partial charge >= 0.3 is 0 Å². The zero-order valence-electron chi connectivity index (χ0n) is 14.3. The van der Waals surface area contributed by atoms with Gasteiger partial charge in [0.1, 0.15) is 5.75 Å². The number of aryl methyl sites for hydroxylation is 1. The smallest absolute Gasteiger partial charge is 0.119 e. The molecule has 1 N–H and O–H groups in total. The van der Waals surface area contributed by atoms with Gasteiger partial charge in [0, 0.05) is 11.6 Å². The van der Waals surface area contributed by atoms with Crippen molar-refractivity contribution in [3.63, 3.8) is 0 Å². The van der Waals surface area contributed by atoms with Crippen LogP contribution in [0.25, 0.3) is 10.9 Å². The van der Waals surface area contributed by atoms with E-state index in [4.69, 9.17) is 4.74 Å². The highest BCUT2D eigenvalue weighted by Gasteiger charge is 2.22. The first-order valence-electron chi connectivity index (χ1n) is 8.94. The Balaban J connectivity index is 1.67. The fourth-order valence-electron chi connectivity index (χ4n) is 3.92. The number of nitrogens with one attached hydrogen (secondary N) is 1. The van der Waals surface area contributed by atoms with Crippen molar-refractivity contribution in [2.24, 2.45) is 11.8 Å². The lowest BCUT2D eigenvalue weighted by molar-refractivity contribution is 0.230. The SMILES string of the molecule is CC[C@H]1CNCC[C@H]1CCCc1ccnc2ccc(OC)cc12. The van der Waals surface area contributed by atoms with Crippen LogP contribution in [0.2, 0.25) is 0 Å². The van der Waals surface area contributed by atoms with E-state index in [1.165, 1.54) is 49.7 Å². The summed E-state index contributed by atoms with van der Waals surface area (Å²) in [7, 11) is 1.72. The minimum absolute atomic E-state index is 0.859. The Labute approximate surface area is 139 Å². The maximum Gasteiger partial charge on any atom is 0.119 e. The number of nitrogens with zero attached hydrogens (tertiary/aromatic N) is 1. The van der Waals surface area contributed by atoms with Crippen molar-refractivity contribution in [3.05, 3.63) is 36.0 Å². The zero-order valence-corrected chi connectivity index (χ0v) is 14.3. The first kappa shape index (κ1) is 16.3. The molecule has 2 aromatic rings. The fraction of sp³-hybridized carbons (Fsp3) is 0.550. The topological polar surface area (TPSA) is 34.2 Å². The summed E-state index contributed by atoms with van der Waals surface area (Å²) in [4.78, 5) is 4.48. The number of methoxy groups -OCH3 is 1. The maximum absolute atomic E-state index is 5.37. The van der Waals surface area contributed by atoms with Crippen LogP contribution < -0.4 is 10.1 Å². The van der Waals surface area contributed by atoms with Gasteiger partial charge in [-0.15, -0.1) is 0 Å². The van der Waals surface area contributed by atoms with Crippen LogP contribution in [0.4, 0.5) is 0 Å². The summed E-state index contributed by atoms with van der Waals surface area (Å²) in [5.41, 5.74) is 2.47. The van der Waals surface area contributed by atoms with Gasteiger partial charge in [0.25, 0.3) is 0 Å². The number of hydrogen-bond donors (Lipinski definition) is 1. The molecule has 0 aliphatic carbocycles. The summed E-state index contributed by atoms with van der Waals surface area (Å²) >= 11 is 0. The van der Waals surface area contributed by atoms with E-state index in [9.17, 15) is 0 Å². The lowest BCUT2D eigenvalue weighted by Crippen LogP contribution is -2.36. The molecule has 0 saturated carbocycles. The van der Waals surface area contributed by atoms with Gasteiger partial charge in [0.05, 0.1) is 12.6 Å². The molecule has 0 radical (unpaired) electrons. The van der Waals surface area contributed by atoms with E-state index >= 15 is 0 Å². The van der Waals surface area contributed by atoms with Gasteiger partial charge in [-0.25, -0.2) is 0 Å². The quantitative estimate of drug-likeness (QED) is 0.868. The van der Waals surface area contributed by atoms with E-state index in [1.807, 2.05) is 12.3 Å². The van der Waals surface area contributed by atoms with E-state index < -0.39 is 0 Å². The molecule has 1 aliphatic heterocycles. The summed E-state index contributed by atoms with van der Waals surface area (Å²) in [6.45, 7) is 4.72. The Morgan fingerprint density at radius 3 is 3.00 bits per heavy atom. The molecule has 0 bridgehead atoms. The average molecular weight is 312 g/mol. The van der Waals surface area contributed by atoms with Gasteiger partial charge in [-0.3, -0.25) is 4.98 Å². The number of piperidine rings is 1. The molecule has 0 amide bonds. The number of ether oxygens (including phenoxy) is 1. The summed E-state index contributed by atoms with van der Waals surface area (Å²) in [5.74, 6) is 2.66. The van der Waals surface area contributed by atoms with Crippen molar-refractivity contribution in [2.45, 2.75) is 39.0 Å². The molecule has 1 aliphatic rings. The van der Waals surface area contributed by atoms with Crippen LogP contribution in [0.5, 0.6) is 5.75 Å². The number of aromatic nitrogens is 1. The van der Waals surface area contributed by atoms with Crippen LogP contribution >= 0.6 is 0 Å². The number of fused-ring (bicyclic) bond motifs is 1. The second-order valence-electron chi connectivity index (χ2n) is 6.67. The third kappa shape index (κ3) is 3.84. The summed E-state index contributed by atoms with van der Waals surface area (Å²) in [6.07, 6.45) is 8.30. The van der Waals surface area contributed by atoms with Crippen molar-refractivity contribution in [1.29, 1.82) is 0 Å². The number of rotatable bonds is 6. The molecule has 0 spiro atoms. The van der Waals surface area contributed by atoms with Crippen molar-refractivity contribution in [2.75, 3.05) is 20.2 Å². The maximum atomic E-state index is 5.37. The highest BCUT2D eigenvalue weighted by atomic mass is 16.5. The molecule has 2 atom stereocenters. The molecule has 3 rings (SSSR count). The van der Waals surface area contributed by atoms with Crippen molar-refractivity contribution >= 4 is 10.9 Å². The molecule has 3 nitrogen and oxygen atoms in total. The predicted octanol–water partition coefficient (Wildman–Crippen LogP) is 4.20. The van der Waals surface area contributed by atoms with Crippen LogP contribution in [0.1, 0.15) is 38.2 Å². The average Bonchev–Trinajstić information content (AvgIpc) is 2.62. The fourth-order valence-corrected chi connectivity index (χ4v) is 3.92. The monoisotopic (exact) mass is 312 g/mol. The molecule has 3 heteroatoms. The molecule has 1 saturated heterocycles. The van der Waals surface area contributed by atoms with E-state index in [-0.39, 0.29) is 0 Å². The van der Waals surface area contributed by atoms with E-state index in [2.05, 4.69) is 35.4 Å². The van der Waals surface area contributed by atoms with Gasteiger partial charge in [0.2, 0.25) is 0 Å². The molecular weight excluding hydrogens is 284 g/mol. The second-order valence-corrected chi connectivity index (χ2v) is 6.67. The third-order valence-electron chi connectivity index (χ3n) is 5.35. The Kier molecular flexibility index (Phi) is 5.50. The van der Waals surface area contributed by atoms with Crippen LogP contribution in [0, 0.1) is 11.8 Å². The Bertz CT molecular complexity index is 641. The molecule has 124 valence electrons. The third-order valence-corrected chi connectivity index (χ3v) is 5.35. The van der Waals surface area contributed by atoms with Gasteiger partial charge in [-0.2, -0.15) is 0 Å². The van der Waals surface area contributed by atoms with Gasteiger partial charge in [-0.1, -0.05) is 13.3 Å². The first-order chi connectivity index (χ1) is 11.3. The first-order valence-corrected chi connectivity index (χ1v) is 8.94. The van der Waals surface area contributed by atoms with E-state index in [0.717, 1.165) is 29.5 Å². The largest absolute Gasteiger partial charge is 0.497 e. The normalized spacial score (nSPS) is 21.5. The molecule has 23 heavy (non-hydrogen) atoms. The second kappa shape index (κ2) is 7.78. The van der Waals surface area contributed by atoms with Crippen molar-refractivity contribution < 1.29 is 4.74 Å². The van der Waals surface area contributed by atoms with Gasteiger partial charge < -0.3 is 10.1 Å². The highest BCUT2D eigenvalue weighted by Crippen LogP contribution is 2.28. The zero-order chi connectivity index (χ0) is 16.1. The molecule has 1 fully saturated rings. The summed E-state index contributed by atoms with van der Waals surface area (Å²) in [5, 5.41) is 4.78.